The molecule has 3 atom stereocenters. The van der Waals surface area contributed by atoms with Crippen LogP contribution >= 0.6 is 0 Å². The van der Waals surface area contributed by atoms with E-state index in [0.29, 0.717) is 0 Å². The lowest BCUT2D eigenvalue weighted by Crippen LogP contribution is -2.64. The minimum atomic E-state index is -5.85. The van der Waals surface area contributed by atoms with Crippen LogP contribution in [0.5, 0.6) is 0 Å². The Morgan fingerprint density at radius 3 is 1.97 bits per heavy atom. The molecule has 1 saturated carbocycles. The van der Waals surface area contributed by atoms with Gasteiger partial charge in [-0.2, -0.15) is 21.6 Å². The summed E-state index contributed by atoms with van der Waals surface area (Å²) in [5.41, 5.74) is -7.68. The Morgan fingerprint density at radius 2 is 1.56 bits per heavy atom. The van der Waals surface area contributed by atoms with Gasteiger partial charge in [-0.3, -0.25) is 13.8 Å². The molecule has 0 heterocycles. The fourth-order valence-corrected chi connectivity index (χ4v) is 12.4. The van der Waals surface area contributed by atoms with Gasteiger partial charge in [-0.05, 0) is 34.4 Å². The lowest BCUT2D eigenvalue weighted by Gasteiger charge is -2.57. The van der Waals surface area contributed by atoms with Crippen molar-refractivity contribution in [2.45, 2.75) is 83.9 Å². The van der Waals surface area contributed by atoms with Gasteiger partial charge < -0.3 is 9.16 Å². The summed E-state index contributed by atoms with van der Waals surface area (Å²) in [6, 6.07) is 0. The Labute approximate surface area is 213 Å². The highest BCUT2D eigenvalue weighted by molar-refractivity contribution is 7.87. The zero-order chi connectivity index (χ0) is 28.1. The van der Waals surface area contributed by atoms with E-state index in [1.807, 2.05) is 0 Å². The number of carbonyl (C=O) groups is 2. The van der Waals surface area contributed by atoms with Crippen LogP contribution in [0, 0.1) is 22.7 Å². The van der Waals surface area contributed by atoms with Gasteiger partial charge in [0.25, 0.3) is 0 Å². The van der Waals surface area contributed by atoms with Crippen molar-refractivity contribution >= 4 is 30.0 Å². The Balaban J connectivity index is 2.63. The lowest BCUT2D eigenvalue weighted by atomic mass is 9.47. The Morgan fingerprint density at radius 1 is 1.06 bits per heavy atom. The normalized spacial score (nSPS) is 27.1. The van der Waals surface area contributed by atoms with Crippen LogP contribution in [0.2, 0.25) is 16.6 Å². The molecule has 0 spiro atoms. The van der Waals surface area contributed by atoms with E-state index < -0.39 is 64.8 Å². The molecule has 12 heteroatoms. The van der Waals surface area contributed by atoms with Gasteiger partial charge in [-0.1, -0.05) is 55.4 Å². The van der Waals surface area contributed by atoms with E-state index in [4.69, 9.17) is 9.16 Å². The minimum Gasteiger partial charge on any atom is -0.500 e. The molecule has 0 aromatic carbocycles. The quantitative estimate of drug-likeness (QED) is 0.154. The monoisotopic (exact) mass is 556 g/mol. The summed E-state index contributed by atoms with van der Waals surface area (Å²) in [6.45, 7) is 14.9. The van der Waals surface area contributed by atoms with Gasteiger partial charge in [-0.15, -0.1) is 0 Å². The van der Waals surface area contributed by atoms with Crippen molar-refractivity contribution in [2.24, 2.45) is 22.7 Å². The SMILES string of the molecule is COC1=CC(=O)[C@H]2C[C@H](COS(=O)(=O)C(F)(F)F)C(C)(C)[C@]1(CO[Si](C(C)C)(C(C)C)C(C)C)C2=O. The van der Waals surface area contributed by atoms with Crippen LogP contribution in [0.4, 0.5) is 13.2 Å². The number of ketones is 2. The highest BCUT2D eigenvalue weighted by Gasteiger charge is 2.67. The number of methoxy groups -OCH3 is 1. The van der Waals surface area contributed by atoms with Crippen LogP contribution in [0.15, 0.2) is 11.8 Å². The Kier molecular flexibility index (Phi) is 8.73. The van der Waals surface area contributed by atoms with Gasteiger partial charge in [0, 0.05) is 6.08 Å². The molecule has 36 heavy (non-hydrogen) atoms. The van der Waals surface area contributed by atoms with Crippen molar-refractivity contribution in [3.63, 3.8) is 0 Å². The van der Waals surface area contributed by atoms with E-state index in [1.54, 1.807) is 13.8 Å². The third-order valence-electron chi connectivity index (χ3n) is 8.59. The summed E-state index contributed by atoms with van der Waals surface area (Å²) in [5, 5.41) is 0. The number of fused-ring (bicyclic) bond motifs is 2. The maximum Gasteiger partial charge on any atom is 0.523 e. The van der Waals surface area contributed by atoms with E-state index in [-0.39, 0.29) is 35.4 Å². The lowest BCUT2D eigenvalue weighted by molar-refractivity contribution is -0.164. The van der Waals surface area contributed by atoms with Crippen LogP contribution in [0.3, 0.4) is 0 Å². The van der Waals surface area contributed by atoms with Crippen molar-refractivity contribution in [1.82, 2.24) is 0 Å². The first-order chi connectivity index (χ1) is 16.2. The molecule has 208 valence electrons. The molecule has 0 aliphatic heterocycles. The van der Waals surface area contributed by atoms with Crippen LogP contribution < -0.4 is 0 Å². The van der Waals surface area contributed by atoms with Crippen LogP contribution in [-0.4, -0.2) is 54.1 Å². The van der Waals surface area contributed by atoms with Crippen molar-refractivity contribution < 1.29 is 44.5 Å². The first-order valence-corrected chi connectivity index (χ1v) is 15.7. The number of hydrogen-bond acceptors (Lipinski definition) is 7. The predicted molar refractivity (Wildman–Crippen MR) is 131 cm³/mol. The zero-order valence-corrected chi connectivity index (χ0v) is 24.3. The molecule has 0 radical (unpaired) electrons. The first kappa shape index (κ1) is 31.0. The Bertz CT molecular complexity index is 980. The number of rotatable bonds is 10. The standard InChI is InChI=1S/C24H39F3O7SSi/c1-14(2)36(15(3)4,16(5)6)34-13-23-20(32-9)11-19(28)18(21(23)29)10-17(22(23,7)8)12-33-35(30,31)24(25,26)27/h11,14-18H,10,12-13H2,1-9H3/t17-,18-,23+/m1/s1. The molecule has 1 fully saturated rings. The van der Waals surface area contributed by atoms with Gasteiger partial charge in [0.05, 0.1) is 26.2 Å². The molecule has 0 N–H and O–H groups in total. The van der Waals surface area contributed by atoms with Gasteiger partial charge in [0.1, 0.15) is 11.2 Å². The Hall–Kier alpha value is -1.24. The number of halogens is 3. The summed E-state index contributed by atoms with van der Waals surface area (Å²) < 4.78 is 78.9. The third kappa shape index (κ3) is 4.71. The maximum atomic E-state index is 13.9. The second-order valence-corrected chi connectivity index (χ2v) is 18.4. The van der Waals surface area contributed by atoms with E-state index in [9.17, 15) is 31.2 Å². The first-order valence-electron chi connectivity index (χ1n) is 12.2. The van der Waals surface area contributed by atoms with Gasteiger partial charge >= 0.3 is 15.6 Å². The van der Waals surface area contributed by atoms with Crippen molar-refractivity contribution in [3.8, 4) is 0 Å². The summed E-state index contributed by atoms with van der Waals surface area (Å²) in [6.07, 6.45) is 1.15. The van der Waals surface area contributed by atoms with Crippen LogP contribution in [0.25, 0.3) is 0 Å². The van der Waals surface area contributed by atoms with E-state index in [1.165, 1.54) is 13.2 Å². The summed E-state index contributed by atoms with van der Waals surface area (Å²) in [4.78, 5) is 26.7. The van der Waals surface area contributed by atoms with E-state index in [2.05, 4.69) is 45.7 Å². The number of carbonyl (C=O) groups excluding carboxylic acids is 2. The molecule has 2 aliphatic rings. The van der Waals surface area contributed by atoms with Gasteiger partial charge in [0.15, 0.2) is 19.9 Å². The number of allylic oxidation sites excluding steroid dienone is 1. The number of Topliss-reactive ketones (excluding diaryl/α,β-unsaturated/α-hetero) is 1. The third-order valence-corrected chi connectivity index (χ3v) is 15.7. The molecule has 7 nitrogen and oxygen atoms in total. The fourth-order valence-electron chi connectivity index (χ4n) is 6.50. The predicted octanol–water partition coefficient (Wildman–Crippen LogP) is 5.38. The number of ether oxygens (including phenoxy) is 1. The molecular weight excluding hydrogens is 517 g/mol. The molecule has 0 aromatic heterocycles. The summed E-state index contributed by atoms with van der Waals surface area (Å²) in [5.74, 6) is -2.87. The van der Waals surface area contributed by atoms with Crippen molar-refractivity contribution in [2.75, 3.05) is 20.3 Å². The molecular formula is C24H39F3O7SSi. The topological polar surface area (TPSA) is 96.0 Å². The molecule has 2 bridgehead atoms. The van der Waals surface area contributed by atoms with Crippen LogP contribution in [-0.2, 0) is 33.1 Å². The zero-order valence-electron chi connectivity index (χ0n) is 22.5. The molecule has 0 saturated heterocycles. The number of alkyl halides is 3. The molecule has 0 aromatic rings. The molecule has 0 unspecified atom stereocenters. The maximum absolute atomic E-state index is 13.9. The van der Waals surface area contributed by atoms with Crippen molar-refractivity contribution in [1.29, 1.82) is 0 Å². The highest BCUT2D eigenvalue weighted by atomic mass is 32.2. The van der Waals surface area contributed by atoms with Gasteiger partial charge in [-0.25, -0.2) is 0 Å². The molecule has 2 aliphatic carbocycles. The second-order valence-electron chi connectivity index (χ2n) is 11.4. The van der Waals surface area contributed by atoms with Crippen molar-refractivity contribution in [3.05, 3.63) is 11.8 Å². The van der Waals surface area contributed by atoms with Gasteiger partial charge in [0.2, 0.25) is 0 Å². The largest absolute Gasteiger partial charge is 0.523 e. The van der Waals surface area contributed by atoms with E-state index >= 15 is 0 Å². The van der Waals surface area contributed by atoms with Crippen LogP contribution in [0.1, 0.15) is 61.8 Å². The minimum absolute atomic E-state index is 0.0845. The average molecular weight is 557 g/mol. The smallest absolute Gasteiger partial charge is 0.500 e. The fraction of sp³-hybridized carbons (Fsp3) is 0.833. The highest BCUT2D eigenvalue weighted by Crippen LogP contribution is 2.60. The summed E-state index contributed by atoms with van der Waals surface area (Å²) >= 11 is 0. The van der Waals surface area contributed by atoms with E-state index in [0.717, 1.165) is 0 Å². The average Bonchev–Trinajstić information content (AvgIpc) is 2.71. The number of hydrogen-bond donors (Lipinski definition) is 0. The molecule has 2 rings (SSSR count). The second kappa shape index (κ2) is 10.1. The summed E-state index contributed by atoms with van der Waals surface area (Å²) in [7, 11) is -7.03. The molecule has 0 amide bonds.